The van der Waals surface area contributed by atoms with Crippen LogP contribution >= 0.6 is 23.2 Å². The summed E-state index contributed by atoms with van der Waals surface area (Å²) in [7, 11) is 1.44. The number of imide groups is 1. The first-order valence-corrected chi connectivity index (χ1v) is 8.86. The minimum Gasteiger partial charge on any atom is -0.383 e. The molecule has 0 aromatic heterocycles. The van der Waals surface area contributed by atoms with Crippen LogP contribution < -0.4 is 5.32 Å². The highest BCUT2D eigenvalue weighted by atomic mass is 35.5. The van der Waals surface area contributed by atoms with Crippen LogP contribution in [0.5, 0.6) is 0 Å². The number of halogens is 4. The number of nitrogens with zero attached hydrogens (tertiary/aromatic N) is 1. The zero-order valence-electron chi connectivity index (χ0n) is 14.6. The van der Waals surface area contributed by atoms with E-state index in [1.807, 2.05) is 0 Å². The fourth-order valence-corrected chi connectivity index (χ4v) is 3.24. The van der Waals surface area contributed by atoms with E-state index in [1.165, 1.54) is 31.4 Å². The van der Waals surface area contributed by atoms with E-state index in [4.69, 9.17) is 27.9 Å². The average Bonchev–Trinajstić information content (AvgIpc) is 2.87. The molecule has 1 aliphatic rings. The van der Waals surface area contributed by atoms with Crippen molar-refractivity contribution in [2.75, 3.05) is 25.6 Å². The van der Waals surface area contributed by atoms with E-state index in [2.05, 4.69) is 5.32 Å². The van der Waals surface area contributed by atoms with Gasteiger partial charge in [0.15, 0.2) is 11.6 Å². The Morgan fingerprint density at radius 2 is 1.79 bits per heavy atom. The number of amides is 2. The summed E-state index contributed by atoms with van der Waals surface area (Å²) >= 11 is 12.1. The first-order chi connectivity index (χ1) is 13.3. The molecule has 0 saturated carbocycles. The summed E-state index contributed by atoms with van der Waals surface area (Å²) in [6.45, 7) is 0.156. The average molecular weight is 427 g/mol. The molecule has 0 spiro atoms. The van der Waals surface area contributed by atoms with Crippen molar-refractivity contribution >= 4 is 46.3 Å². The molecule has 0 saturated heterocycles. The lowest BCUT2D eigenvalue weighted by atomic mass is 10.0. The molecule has 0 unspecified atom stereocenters. The Kier molecular flexibility index (Phi) is 5.98. The Bertz CT molecular complexity index is 995. The Hall–Kier alpha value is -2.48. The summed E-state index contributed by atoms with van der Waals surface area (Å²) in [5.74, 6) is -3.34. The van der Waals surface area contributed by atoms with E-state index >= 15 is 0 Å². The number of ether oxygens (including phenoxy) is 1. The maximum Gasteiger partial charge on any atom is 0.278 e. The smallest absolute Gasteiger partial charge is 0.278 e. The first kappa shape index (κ1) is 20.3. The van der Waals surface area contributed by atoms with Gasteiger partial charge < -0.3 is 10.1 Å². The van der Waals surface area contributed by atoms with Crippen LogP contribution in [0, 0.1) is 11.6 Å². The lowest BCUT2D eigenvalue weighted by molar-refractivity contribution is -0.137. The van der Waals surface area contributed by atoms with Gasteiger partial charge in [-0.15, -0.1) is 0 Å². The highest BCUT2D eigenvalue weighted by Gasteiger charge is 2.39. The predicted molar refractivity (Wildman–Crippen MR) is 102 cm³/mol. The number of rotatable bonds is 6. The Morgan fingerprint density at radius 1 is 1.04 bits per heavy atom. The lowest BCUT2D eigenvalue weighted by Crippen LogP contribution is -2.35. The van der Waals surface area contributed by atoms with Gasteiger partial charge in [-0.2, -0.15) is 0 Å². The van der Waals surface area contributed by atoms with Crippen molar-refractivity contribution < 1.29 is 23.1 Å². The Labute approximate surface area is 169 Å². The van der Waals surface area contributed by atoms with Crippen LogP contribution in [-0.2, 0) is 14.3 Å². The summed E-state index contributed by atoms with van der Waals surface area (Å²) in [5.41, 5.74) is 0.296. The molecule has 0 atom stereocenters. The molecule has 146 valence electrons. The van der Waals surface area contributed by atoms with Crippen LogP contribution in [0.1, 0.15) is 5.56 Å². The minimum atomic E-state index is -1.09. The number of hydrogen-bond acceptors (Lipinski definition) is 4. The standard InChI is InChI=1S/C19H14Cl2F2N2O3/c1-28-7-6-25-18(26)16(12-4-2-10(20)8-13(12)21)17(19(25)27)24-11-3-5-14(22)15(23)9-11/h2-5,8-9,24H,6-7H2,1H3. The molecule has 0 bridgehead atoms. The fourth-order valence-electron chi connectivity index (χ4n) is 2.74. The third kappa shape index (κ3) is 3.87. The molecule has 2 aromatic carbocycles. The van der Waals surface area contributed by atoms with Gasteiger partial charge in [0.2, 0.25) is 0 Å². The number of carbonyl (C=O) groups excluding carboxylic acids is 2. The molecule has 9 heteroatoms. The lowest BCUT2D eigenvalue weighted by Gasteiger charge is -2.14. The van der Waals surface area contributed by atoms with E-state index in [0.29, 0.717) is 5.02 Å². The van der Waals surface area contributed by atoms with Crippen LogP contribution in [0.3, 0.4) is 0 Å². The third-order valence-electron chi connectivity index (χ3n) is 4.08. The molecule has 0 radical (unpaired) electrons. The van der Waals surface area contributed by atoms with E-state index in [-0.39, 0.29) is 40.7 Å². The largest absolute Gasteiger partial charge is 0.383 e. The summed E-state index contributed by atoms with van der Waals surface area (Å²) in [6, 6.07) is 7.53. The molecule has 1 heterocycles. The van der Waals surface area contributed by atoms with Crippen LogP contribution in [0.2, 0.25) is 10.0 Å². The zero-order chi connectivity index (χ0) is 20.4. The van der Waals surface area contributed by atoms with E-state index in [1.54, 1.807) is 0 Å². The highest BCUT2D eigenvalue weighted by molar-refractivity contribution is 6.41. The van der Waals surface area contributed by atoms with Gasteiger partial charge in [0, 0.05) is 29.4 Å². The number of methoxy groups -OCH3 is 1. The van der Waals surface area contributed by atoms with Gasteiger partial charge in [-0.3, -0.25) is 14.5 Å². The molecular weight excluding hydrogens is 413 g/mol. The maximum absolute atomic E-state index is 13.6. The van der Waals surface area contributed by atoms with Gasteiger partial charge in [-0.1, -0.05) is 29.3 Å². The monoisotopic (exact) mass is 426 g/mol. The molecular formula is C19H14Cl2F2N2O3. The maximum atomic E-state index is 13.6. The van der Waals surface area contributed by atoms with Gasteiger partial charge in [0.1, 0.15) is 5.70 Å². The van der Waals surface area contributed by atoms with Gasteiger partial charge in [-0.25, -0.2) is 8.78 Å². The summed E-state index contributed by atoms with van der Waals surface area (Å²) < 4.78 is 31.7. The second kappa shape index (κ2) is 8.26. The molecule has 2 amide bonds. The van der Waals surface area contributed by atoms with E-state index in [9.17, 15) is 18.4 Å². The van der Waals surface area contributed by atoms with Crippen molar-refractivity contribution in [2.24, 2.45) is 0 Å². The van der Waals surface area contributed by atoms with Gasteiger partial charge in [0.05, 0.1) is 23.7 Å². The van der Waals surface area contributed by atoms with Crippen molar-refractivity contribution in [3.63, 3.8) is 0 Å². The molecule has 28 heavy (non-hydrogen) atoms. The van der Waals surface area contributed by atoms with Crippen molar-refractivity contribution in [1.82, 2.24) is 4.90 Å². The number of carbonyl (C=O) groups is 2. The van der Waals surface area contributed by atoms with E-state index < -0.39 is 23.4 Å². The predicted octanol–water partition coefficient (Wildman–Crippen LogP) is 4.11. The minimum absolute atomic E-state index is 0.00695. The highest BCUT2D eigenvalue weighted by Crippen LogP contribution is 2.35. The molecule has 5 nitrogen and oxygen atoms in total. The van der Waals surface area contributed by atoms with Gasteiger partial charge in [-0.05, 0) is 24.3 Å². The topological polar surface area (TPSA) is 58.6 Å². The Balaban J connectivity index is 2.09. The molecule has 0 fully saturated rings. The quantitative estimate of drug-likeness (QED) is 0.706. The van der Waals surface area contributed by atoms with Gasteiger partial charge >= 0.3 is 0 Å². The molecule has 1 aliphatic heterocycles. The number of nitrogens with one attached hydrogen (secondary N) is 1. The SMILES string of the molecule is COCCN1C(=O)C(Nc2ccc(F)c(F)c2)=C(c2ccc(Cl)cc2Cl)C1=O. The first-order valence-electron chi connectivity index (χ1n) is 8.10. The number of anilines is 1. The summed E-state index contributed by atoms with van der Waals surface area (Å²) in [5, 5.41) is 3.24. The number of benzene rings is 2. The second-order valence-electron chi connectivity index (χ2n) is 5.88. The van der Waals surface area contributed by atoms with Crippen LogP contribution in [0.4, 0.5) is 14.5 Å². The van der Waals surface area contributed by atoms with Crippen LogP contribution in [0.25, 0.3) is 5.57 Å². The van der Waals surface area contributed by atoms with Crippen molar-refractivity contribution in [2.45, 2.75) is 0 Å². The fraction of sp³-hybridized carbons (Fsp3) is 0.158. The third-order valence-corrected chi connectivity index (χ3v) is 4.62. The molecule has 3 rings (SSSR count). The van der Waals surface area contributed by atoms with E-state index in [0.717, 1.165) is 17.0 Å². The van der Waals surface area contributed by atoms with Crippen molar-refractivity contribution in [3.8, 4) is 0 Å². The molecule has 2 aromatic rings. The summed E-state index contributed by atoms with van der Waals surface area (Å²) in [6.07, 6.45) is 0. The van der Waals surface area contributed by atoms with Crippen LogP contribution in [0.15, 0.2) is 42.1 Å². The molecule has 1 N–H and O–H groups in total. The number of hydrogen-bond donors (Lipinski definition) is 1. The Morgan fingerprint density at radius 3 is 2.43 bits per heavy atom. The zero-order valence-corrected chi connectivity index (χ0v) is 16.1. The second-order valence-corrected chi connectivity index (χ2v) is 6.73. The van der Waals surface area contributed by atoms with Crippen LogP contribution in [-0.4, -0.2) is 37.0 Å². The molecule has 0 aliphatic carbocycles. The van der Waals surface area contributed by atoms with Crippen molar-refractivity contribution in [3.05, 3.63) is 69.3 Å². The van der Waals surface area contributed by atoms with Gasteiger partial charge in [0.25, 0.3) is 11.8 Å². The normalized spacial score (nSPS) is 14.2. The summed E-state index contributed by atoms with van der Waals surface area (Å²) in [4.78, 5) is 26.7. The van der Waals surface area contributed by atoms with Crippen molar-refractivity contribution in [1.29, 1.82) is 0 Å².